The van der Waals surface area contributed by atoms with Crippen LogP contribution in [-0.2, 0) is 4.79 Å². The van der Waals surface area contributed by atoms with Gasteiger partial charge in [0.2, 0.25) is 5.88 Å². The zero-order chi connectivity index (χ0) is 22.8. The molecule has 0 aliphatic carbocycles. The monoisotopic (exact) mass is 480 g/mol. The number of benzene rings is 1. The minimum absolute atomic E-state index is 0.188. The largest absolute Gasteiger partial charge is 0.493 e. The fourth-order valence-corrected chi connectivity index (χ4v) is 5.17. The summed E-state index contributed by atoms with van der Waals surface area (Å²) in [5.41, 5.74) is 1.76. The molecule has 0 radical (unpaired) electrons. The van der Waals surface area contributed by atoms with Crippen molar-refractivity contribution < 1.29 is 19.0 Å². The molecule has 0 spiro atoms. The number of carbonyl (C=O) groups excluding carboxylic acids is 1. The third-order valence-corrected chi connectivity index (χ3v) is 7.06. The third kappa shape index (κ3) is 4.14. The predicted molar refractivity (Wildman–Crippen MR) is 128 cm³/mol. The van der Waals surface area contributed by atoms with Crippen LogP contribution in [0.4, 0.5) is 0 Å². The lowest BCUT2D eigenvalue weighted by Gasteiger charge is -2.23. The fraction of sp³-hybridized carbons (Fsp3) is 0.217. The molecule has 1 aromatic carbocycles. The van der Waals surface area contributed by atoms with Gasteiger partial charge in [-0.3, -0.25) is 4.79 Å². The molecule has 3 aromatic heterocycles. The van der Waals surface area contributed by atoms with E-state index < -0.39 is 0 Å². The summed E-state index contributed by atoms with van der Waals surface area (Å²) in [5, 5.41) is 10.9. The number of ether oxygens (including phenoxy) is 3. The summed E-state index contributed by atoms with van der Waals surface area (Å²) in [5.74, 6) is 1.36. The van der Waals surface area contributed by atoms with E-state index in [-0.39, 0.29) is 18.6 Å². The second-order valence-electron chi connectivity index (χ2n) is 7.20. The highest BCUT2D eigenvalue weighted by Crippen LogP contribution is 2.38. The van der Waals surface area contributed by atoms with Gasteiger partial charge in [-0.15, -0.1) is 22.7 Å². The third-order valence-electron chi connectivity index (χ3n) is 5.32. The molecular formula is C23H20N4O4S2. The molecule has 168 valence electrons. The molecular weight excluding hydrogens is 460 g/mol. The van der Waals surface area contributed by atoms with E-state index in [1.165, 1.54) is 22.7 Å². The highest BCUT2D eigenvalue weighted by molar-refractivity contribution is 7.16. The van der Waals surface area contributed by atoms with Crippen LogP contribution in [0.3, 0.4) is 0 Å². The number of carbonyl (C=O) groups is 1. The van der Waals surface area contributed by atoms with Gasteiger partial charge in [-0.25, -0.2) is 15.0 Å². The topological polar surface area (TPSA) is 86.1 Å². The van der Waals surface area contributed by atoms with E-state index in [1.54, 1.807) is 25.6 Å². The maximum absolute atomic E-state index is 13.3. The van der Waals surface area contributed by atoms with Gasteiger partial charge >= 0.3 is 0 Å². The predicted octanol–water partition coefficient (Wildman–Crippen LogP) is 4.53. The number of rotatable bonds is 7. The van der Waals surface area contributed by atoms with Gasteiger partial charge in [0.25, 0.3) is 5.91 Å². The number of methoxy groups -OCH3 is 2. The van der Waals surface area contributed by atoms with Crippen LogP contribution < -0.4 is 14.2 Å². The van der Waals surface area contributed by atoms with Crippen molar-refractivity contribution in [3.05, 3.63) is 63.9 Å². The lowest BCUT2D eigenvalue weighted by Crippen LogP contribution is -2.31. The molecule has 1 aliphatic heterocycles. The number of hydrazone groups is 1. The second kappa shape index (κ2) is 9.16. The summed E-state index contributed by atoms with van der Waals surface area (Å²) in [7, 11) is 3.18. The number of fused-ring (bicyclic) bond motifs is 1. The minimum atomic E-state index is -0.287. The van der Waals surface area contributed by atoms with Crippen LogP contribution in [0.15, 0.2) is 58.6 Å². The van der Waals surface area contributed by atoms with E-state index in [4.69, 9.17) is 14.2 Å². The van der Waals surface area contributed by atoms with Gasteiger partial charge in [0, 0.05) is 6.42 Å². The molecule has 10 heteroatoms. The summed E-state index contributed by atoms with van der Waals surface area (Å²) in [6.45, 7) is -0.188. The molecule has 8 nitrogen and oxygen atoms in total. The molecule has 1 aliphatic rings. The van der Waals surface area contributed by atoms with Crippen molar-refractivity contribution >= 4 is 44.5 Å². The van der Waals surface area contributed by atoms with Gasteiger partial charge < -0.3 is 14.2 Å². The maximum Gasteiger partial charge on any atom is 0.281 e. The van der Waals surface area contributed by atoms with E-state index in [1.807, 2.05) is 47.2 Å². The lowest BCUT2D eigenvalue weighted by molar-refractivity contribution is -0.135. The molecule has 0 saturated carbocycles. The van der Waals surface area contributed by atoms with Gasteiger partial charge in [-0.2, -0.15) is 5.10 Å². The number of nitrogens with zero attached hydrogens (tertiary/aromatic N) is 4. The molecule has 0 saturated heterocycles. The Balaban J connectivity index is 1.42. The standard InChI is InChI=1S/C23H20N4O4S2/c1-29-18-6-5-14(10-19(18)30-2)17-11-16(20-4-3-8-32-20)26-27(17)21(28)12-31-22-15-7-9-33-23(15)25-13-24-22/h3-10,13,17H,11-12H2,1-2H3. The van der Waals surface area contributed by atoms with Crippen molar-refractivity contribution in [2.75, 3.05) is 20.8 Å². The van der Waals surface area contributed by atoms with E-state index in [2.05, 4.69) is 15.1 Å². The Morgan fingerprint density at radius 2 is 1.97 bits per heavy atom. The summed E-state index contributed by atoms with van der Waals surface area (Å²) in [6, 6.07) is 11.2. The van der Waals surface area contributed by atoms with Crippen LogP contribution in [0.2, 0.25) is 0 Å². The molecule has 0 bridgehead atoms. The molecule has 0 fully saturated rings. The van der Waals surface area contributed by atoms with Gasteiger partial charge in [-0.1, -0.05) is 12.1 Å². The maximum atomic E-state index is 13.3. The van der Waals surface area contributed by atoms with Crippen molar-refractivity contribution in [1.82, 2.24) is 15.0 Å². The van der Waals surface area contributed by atoms with Crippen LogP contribution >= 0.6 is 22.7 Å². The van der Waals surface area contributed by atoms with Crippen molar-refractivity contribution in [3.63, 3.8) is 0 Å². The number of hydrogen-bond donors (Lipinski definition) is 0. The van der Waals surface area contributed by atoms with Crippen LogP contribution in [0.1, 0.15) is 22.9 Å². The van der Waals surface area contributed by atoms with Crippen LogP contribution in [-0.4, -0.2) is 47.4 Å². The van der Waals surface area contributed by atoms with Crippen LogP contribution in [0, 0.1) is 0 Å². The molecule has 1 amide bonds. The van der Waals surface area contributed by atoms with Gasteiger partial charge in [0.15, 0.2) is 18.1 Å². The van der Waals surface area contributed by atoms with E-state index >= 15 is 0 Å². The average molecular weight is 481 g/mol. The smallest absolute Gasteiger partial charge is 0.281 e. The SMILES string of the molecule is COc1ccc(C2CC(c3cccs3)=NN2C(=O)COc2ncnc3sccc23)cc1OC. The number of thiophene rings is 2. The zero-order valence-electron chi connectivity index (χ0n) is 17.9. The van der Waals surface area contributed by atoms with Crippen molar-refractivity contribution in [3.8, 4) is 17.4 Å². The summed E-state index contributed by atoms with van der Waals surface area (Å²) < 4.78 is 16.6. The Bertz CT molecular complexity index is 1320. The highest BCUT2D eigenvalue weighted by atomic mass is 32.1. The van der Waals surface area contributed by atoms with E-state index in [0.29, 0.717) is 23.8 Å². The Kier molecular flexibility index (Phi) is 5.93. The van der Waals surface area contributed by atoms with E-state index in [0.717, 1.165) is 26.4 Å². The summed E-state index contributed by atoms with van der Waals surface area (Å²) in [6.07, 6.45) is 2.03. The first-order chi connectivity index (χ1) is 16.2. The molecule has 33 heavy (non-hydrogen) atoms. The first-order valence-corrected chi connectivity index (χ1v) is 11.9. The van der Waals surface area contributed by atoms with Crippen molar-refractivity contribution in [1.29, 1.82) is 0 Å². The Morgan fingerprint density at radius 1 is 1.09 bits per heavy atom. The quantitative estimate of drug-likeness (QED) is 0.386. The minimum Gasteiger partial charge on any atom is -0.493 e. The molecule has 1 unspecified atom stereocenters. The first-order valence-electron chi connectivity index (χ1n) is 10.1. The summed E-state index contributed by atoms with van der Waals surface area (Å²) >= 11 is 3.09. The van der Waals surface area contributed by atoms with Gasteiger partial charge in [0.1, 0.15) is 11.2 Å². The van der Waals surface area contributed by atoms with Gasteiger partial charge in [0.05, 0.1) is 36.2 Å². The lowest BCUT2D eigenvalue weighted by atomic mass is 10.0. The Morgan fingerprint density at radius 3 is 2.76 bits per heavy atom. The fourth-order valence-electron chi connectivity index (χ4n) is 3.73. The summed E-state index contributed by atoms with van der Waals surface area (Å²) in [4.78, 5) is 23.5. The molecule has 0 N–H and O–H groups in total. The van der Waals surface area contributed by atoms with E-state index in [9.17, 15) is 4.79 Å². The van der Waals surface area contributed by atoms with Crippen LogP contribution in [0.25, 0.3) is 10.2 Å². The number of hydrogen-bond acceptors (Lipinski definition) is 9. The van der Waals surface area contributed by atoms with Gasteiger partial charge in [-0.05, 0) is 40.6 Å². The average Bonchev–Trinajstić information content (AvgIpc) is 3.61. The molecule has 4 aromatic rings. The van der Waals surface area contributed by atoms with Crippen molar-refractivity contribution in [2.45, 2.75) is 12.5 Å². The zero-order valence-corrected chi connectivity index (χ0v) is 19.6. The van der Waals surface area contributed by atoms with Crippen molar-refractivity contribution in [2.24, 2.45) is 5.10 Å². The number of aromatic nitrogens is 2. The second-order valence-corrected chi connectivity index (χ2v) is 9.05. The number of amides is 1. The Labute approximate surface area is 198 Å². The Hall–Kier alpha value is -3.50. The first kappa shape index (κ1) is 21.4. The molecule has 5 rings (SSSR count). The van der Waals surface area contributed by atoms with Crippen LogP contribution in [0.5, 0.6) is 17.4 Å². The molecule has 4 heterocycles. The molecule has 1 atom stereocenters. The highest BCUT2D eigenvalue weighted by Gasteiger charge is 2.34. The normalized spacial score (nSPS) is 15.5.